The minimum atomic E-state index is -3.56. The van der Waals surface area contributed by atoms with Crippen molar-refractivity contribution >= 4 is 12.0 Å². The van der Waals surface area contributed by atoms with E-state index in [1.807, 2.05) is 0 Å². The first-order chi connectivity index (χ1) is 12.9. The van der Waals surface area contributed by atoms with E-state index in [0.717, 1.165) is 6.08 Å². The Morgan fingerprint density at radius 3 is 2.22 bits per heavy atom. The Kier molecular flexibility index (Phi) is 7.28. The number of aliphatic carboxylic acids is 1. The Bertz CT molecular complexity index is 756. The van der Waals surface area contributed by atoms with Gasteiger partial charge in [-0.3, -0.25) is 4.39 Å². The maximum Gasteiger partial charge on any atom is 0.426 e. The van der Waals surface area contributed by atoms with E-state index in [9.17, 15) is 18.0 Å². The summed E-state index contributed by atoms with van der Waals surface area (Å²) in [4.78, 5) is 10.5. The quantitative estimate of drug-likeness (QED) is 0.463. The molecule has 27 heavy (non-hydrogen) atoms. The molecule has 0 saturated heterocycles. The van der Waals surface area contributed by atoms with Crippen molar-refractivity contribution in [3.05, 3.63) is 65.7 Å². The van der Waals surface area contributed by atoms with Crippen LogP contribution in [0.2, 0.25) is 0 Å². The fourth-order valence-corrected chi connectivity index (χ4v) is 2.15. The number of alkyl halides is 3. The van der Waals surface area contributed by atoms with Crippen LogP contribution >= 0.6 is 0 Å². The summed E-state index contributed by atoms with van der Waals surface area (Å²) in [7, 11) is 0. The van der Waals surface area contributed by atoms with Gasteiger partial charge in [0.15, 0.2) is 0 Å². The monoisotopic (exact) mass is 380 g/mol. The standard InChI is InChI=1S/C20H19F3O4/c21-13-1-2-14-26-17-8-10-18(11-9-17)27-20(22,23)16-6-3-15(4-7-16)5-12-19(24)25/h3-12H,1-2,13-14H2,(H,24,25). The molecule has 0 aromatic heterocycles. The van der Waals surface area contributed by atoms with Crippen LogP contribution in [0.3, 0.4) is 0 Å². The Balaban J connectivity index is 1.97. The van der Waals surface area contributed by atoms with E-state index < -0.39 is 18.8 Å². The van der Waals surface area contributed by atoms with Crippen LogP contribution in [-0.4, -0.2) is 24.4 Å². The van der Waals surface area contributed by atoms with Gasteiger partial charge in [0, 0.05) is 6.08 Å². The van der Waals surface area contributed by atoms with Gasteiger partial charge in [0.1, 0.15) is 11.5 Å². The number of halogens is 3. The first-order valence-electron chi connectivity index (χ1n) is 8.28. The zero-order valence-corrected chi connectivity index (χ0v) is 14.4. The minimum absolute atomic E-state index is 0.0362. The molecule has 0 bridgehead atoms. The Morgan fingerprint density at radius 2 is 1.63 bits per heavy atom. The molecule has 0 radical (unpaired) electrons. The summed E-state index contributed by atoms with van der Waals surface area (Å²) in [5.74, 6) is -0.673. The Hall–Kier alpha value is -2.96. The van der Waals surface area contributed by atoms with Crippen molar-refractivity contribution in [1.82, 2.24) is 0 Å². The lowest BCUT2D eigenvalue weighted by Crippen LogP contribution is -2.21. The van der Waals surface area contributed by atoms with Crippen LogP contribution in [0, 0.1) is 0 Å². The van der Waals surface area contributed by atoms with Crippen molar-refractivity contribution in [3.8, 4) is 11.5 Å². The average molecular weight is 380 g/mol. The number of unbranched alkanes of at least 4 members (excludes halogenated alkanes) is 1. The van der Waals surface area contributed by atoms with E-state index in [-0.39, 0.29) is 11.3 Å². The highest BCUT2D eigenvalue weighted by Gasteiger charge is 2.34. The van der Waals surface area contributed by atoms with Crippen molar-refractivity contribution in [2.24, 2.45) is 0 Å². The number of hydrogen-bond acceptors (Lipinski definition) is 3. The lowest BCUT2D eigenvalue weighted by molar-refractivity contribution is -0.185. The molecule has 2 aromatic rings. The van der Waals surface area contributed by atoms with Crippen molar-refractivity contribution < 1.29 is 32.5 Å². The molecule has 7 heteroatoms. The van der Waals surface area contributed by atoms with E-state index in [1.54, 1.807) is 0 Å². The molecule has 4 nitrogen and oxygen atoms in total. The van der Waals surface area contributed by atoms with Crippen molar-refractivity contribution in [3.63, 3.8) is 0 Å². The van der Waals surface area contributed by atoms with Gasteiger partial charge in [-0.15, -0.1) is 0 Å². The molecule has 0 atom stereocenters. The average Bonchev–Trinajstić information content (AvgIpc) is 2.65. The second kappa shape index (κ2) is 9.66. The van der Waals surface area contributed by atoms with Gasteiger partial charge in [-0.1, -0.05) is 12.1 Å². The summed E-state index contributed by atoms with van der Waals surface area (Å²) in [6.07, 6.45) is -0.344. The molecule has 2 rings (SSSR count). The SMILES string of the molecule is O=C(O)C=Cc1ccc(C(F)(F)Oc2ccc(OCCCCF)cc2)cc1. The summed E-state index contributed by atoms with van der Waals surface area (Å²) in [6, 6.07) is 10.8. The number of rotatable bonds is 10. The fourth-order valence-electron chi connectivity index (χ4n) is 2.15. The molecular weight excluding hydrogens is 361 g/mol. The van der Waals surface area contributed by atoms with Gasteiger partial charge in [0.25, 0.3) is 0 Å². The van der Waals surface area contributed by atoms with Crippen molar-refractivity contribution in [1.29, 1.82) is 0 Å². The summed E-state index contributed by atoms with van der Waals surface area (Å²) in [5, 5.41) is 8.56. The smallest absolute Gasteiger partial charge is 0.426 e. The predicted octanol–water partition coefficient (Wildman–Crippen LogP) is 5.04. The Labute approximate surface area is 154 Å². The zero-order valence-electron chi connectivity index (χ0n) is 14.4. The second-order valence-electron chi connectivity index (χ2n) is 5.63. The molecule has 0 aliphatic heterocycles. The van der Waals surface area contributed by atoms with E-state index in [4.69, 9.17) is 14.6 Å². The van der Waals surface area contributed by atoms with Gasteiger partial charge < -0.3 is 14.6 Å². The third kappa shape index (κ3) is 6.69. The van der Waals surface area contributed by atoms with E-state index in [2.05, 4.69) is 0 Å². The van der Waals surface area contributed by atoms with Crippen LogP contribution < -0.4 is 9.47 Å². The second-order valence-corrected chi connectivity index (χ2v) is 5.63. The highest BCUT2D eigenvalue weighted by atomic mass is 19.3. The lowest BCUT2D eigenvalue weighted by atomic mass is 10.1. The van der Waals surface area contributed by atoms with Crippen LogP contribution in [0.25, 0.3) is 6.08 Å². The minimum Gasteiger partial charge on any atom is -0.494 e. The van der Waals surface area contributed by atoms with Gasteiger partial charge in [0.2, 0.25) is 0 Å². The van der Waals surface area contributed by atoms with Gasteiger partial charge in [-0.05, 0) is 60.9 Å². The summed E-state index contributed by atoms with van der Waals surface area (Å²) in [6.45, 7) is -0.0506. The molecule has 1 N–H and O–H groups in total. The summed E-state index contributed by atoms with van der Waals surface area (Å²) >= 11 is 0. The Morgan fingerprint density at radius 1 is 1.00 bits per heavy atom. The van der Waals surface area contributed by atoms with Gasteiger partial charge in [0.05, 0.1) is 18.8 Å². The molecule has 0 spiro atoms. The van der Waals surface area contributed by atoms with Crippen molar-refractivity contribution in [2.75, 3.05) is 13.3 Å². The van der Waals surface area contributed by atoms with E-state index in [0.29, 0.717) is 30.8 Å². The number of benzene rings is 2. The molecule has 0 unspecified atom stereocenters. The fraction of sp³-hybridized carbons (Fsp3) is 0.250. The van der Waals surface area contributed by atoms with Crippen LogP contribution in [-0.2, 0) is 10.9 Å². The highest BCUT2D eigenvalue weighted by molar-refractivity contribution is 5.85. The number of carboxylic acid groups (broad SMARTS) is 1. The molecule has 0 aliphatic carbocycles. The zero-order chi connectivity index (χ0) is 19.7. The number of carbonyl (C=O) groups is 1. The van der Waals surface area contributed by atoms with Crippen LogP contribution in [0.15, 0.2) is 54.6 Å². The maximum atomic E-state index is 14.3. The molecule has 0 aliphatic rings. The number of hydrogen-bond donors (Lipinski definition) is 1. The first-order valence-corrected chi connectivity index (χ1v) is 8.28. The first kappa shape index (κ1) is 20.4. The van der Waals surface area contributed by atoms with Gasteiger partial charge in [-0.25, -0.2) is 4.79 Å². The molecule has 144 valence electrons. The molecule has 0 amide bonds. The molecule has 0 fully saturated rings. The largest absolute Gasteiger partial charge is 0.494 e. The summed E-state index contributed by atoms with van der Waals surface area (Å²) < 4.78 is 50.7. The van der Waals surface area contributed by atoms with Crippen LogP contribution in [0.4, 0.5) is 13.2 Å². The molecular formula is C20H19F3O4. The number of carboxylic acids is 1. The predicted molar refractivity (Wildman–Crippen MR) is 94.8 cm³/mol. The van der Waals surface area contributed by atoms with Gasteiger partial charge in [-0.2, -0.15) is 8.78 Å². The van der Waals surface area contributed by atoms with Crippen LogP contribution in [0.1, 0.15) is 24.0 Å². The van der Waals surface area contributed by atoms with Crippen molar-refractivity contribution in [2.45, 2.75) is 19.0 Å². The lowest BCUT2D eigenvalue weighted by Gasteiger charge is -2.18. The van der Waals surface area contributed by atoms with Crippen LogP contribution in [0.5, 0.6) is 11.5 Å². The van der Waals surface area contributed by atoms with E-state index in [1.165, 1.54) is 54.6 Å². The normalized spacial score (nSPS) is 11.5. The van der Waals surface area contributed by atoms with Gasteiger partial charge >= 0.3 is 12.1 Å². The molecule has 0 heterocycles. The topological polar surface area (TPSA) is 55.8 Å². The third-order valence-corrected chi connectivity index (χ3v) is 3.53. The third-order valence-electron chi connectivity index (χ3n) is 3.53. The molecule has 2 aromatic carbocycles. The molecule has 0 saturated carbocycles. The highest BCUT2D eigenvalue weighted by Crippen LogP contribution is 2.32. The maximum absolute atomic E-state index is 14.3. The summed E-state index contributed by atoms with van der Waals surface area (Å²) in [5.41, 5.74) is 0.118. The van der Waals surface area contributed by atoms with E-state index >= 15 is 0 Å². The number of ether oxygens (including phenoxy) is 2.